The van der Waals surface area contributed by atoms with Crippen LogP contribution in [0.15, 0.2) is 36.4 Å². The Morgan fingerprint density at radius 2 is 1.96 bits per heavy atom. The number of H-pyrrole nitrogens is 1. The number of aromatic amines is 1. The van der Waals surface area contributed by atoms with E-state index in [9.17, 15) is 4.79 Å². The molecule has 3 N–H and O–H groups in total. The number of rotatable bonds is 3. The fourth-order valence-corrected chi connectivity index (χ4v) is 4.10. The lowest BCUT2D eigenvalue weighted by molar-refractivity contribution is -0.120. The van der Waals surface area contributed by atoms with Crippen LogP contribution in [0.5, 0.6) is 0 Å². The van der Waals surface area contributed by atoms with E-state index in [-0.39, 0.29) is 11.8 Å². The highest BCUT2D eigenvalue weighted by Gasteiger charge is 2.25. The molecule has 2 heterocycles. The summed E-state index contributed by atoms with van der Waals surface area (Å²) in [4.78, 5) is 12.6. The highest BCUT2D eigenvalue weighted by molar-refractivity contribution is 6.39. The Labute approximate surface area is 167 Å². The number of nitrogens with one attached hydrogen (secondary N) is 3. The lowest BCUT2D eigenvalue weighted by atomic mass is 9.95. The van der Waals surface area contributed by atoms with Gasteiger partial charge in [0, 0.05) is 33.6 Å². The maximum absolute atomic E-state index is 12.6. The van der Waals surface area contributed by atoms with Gasteiger partial charge in [-0.15, -0.1) is 0 Å². The quantitative estimate of drug-likeness (QED) is 0.585. The molecule has 1 aliphatic heterocycles. The molecule has 1 aromatic heterocycles. The van der Waals surface area contributed by atoms with Gasteiger partial charge in [0.25, 0.3) is 0 Å². The topological polar surface area (TPSA) is 69.8 Å². The number of piperidine rings is 1. The molecule has 0 bridgehead atoms. The van der Waals surface area contributed by atoms with Gasteiger partial charge in [-0.1, -0.05) is 35.3 Å². The highest BCUT2D eigenvalue weighted by atomic mass is 35.5. The van der Waals surface area contributed by atoms with E-state index in [1.54, 1.807) is 0 Å². The molecule has 1 saturated heterocycles. The van der Waals surface area contributed by atoms with E-state index in [0.717, 1.165) is 34.9 Å². The first kappa shape index (κ1) is 18.3. The van der Waals surface area contributed by atoms with Crippen LogP contribution in [0, 0.1) is 5.92 Å². The predicted octanol–water partition coefficient (Wildman–Crippen LogP) is 4.86. The molecule has 0 aliphatic carbocycles. The number of halogens is 2. The molecule has 0 unspecified atom stereocenters. The van der Waals surface area contributed by atoms with Gasteiger partial charge in [-0.3, -0.25) is 9.89 Å². The van der Waals surface area contributed by atoms with Crippen LogP contribution in [0.2, 0.25) is 10.0 Å². The lowest BCUT2D eigenvalue weighted by Crippen LogP contribution is -2.41. The van der Waals surface area contributed by atoms with Gasteiger partial charge >= 0.3 is 0 Å². The summed E-state index contributed by atoms with van der Waals surface area (Å²) in [5, 5.41) is 15.6. The molecule has 0 radical (unpaired) electrons. The zero-order valence-electron chi connectivity index (χ0n) is 14.9. The number of amides is 1. The van der Waals surface area contributed by atoms with Crippen molar-refractivity contribution in [2.45, 2.75) is 25.8 Å². The number of carbonyl (C=O) groups is 1. The number of hydrogen-bond donors (Lipinski definition) is 3. The second kappa shape index (κ2) is 7.50. The van der Waals surface area contributed by atoms with Crippen molar-refractivity contribution < 1.29 is 4.79 Å². The summed E-state index contributed by atoms with van der Waals surface area (Å²) in [7, 11) is 0. The summed E-state index contributed by atoms with van der Waals surface area (Å²) in [6.45, 7) is 2.83. The molecule has 0 spiro atoms. The Morgan fingerprint density at radius 1 is 1.19 bits per heavy atom. The van der Waals surface area contributed by atoms with Crippen molar-refractivity contribution in [3.05, 3.63) is 46.4 Å². The van der Waals surface area contributed by atoms with E-state index >= 15 is 0 Å². The van der Waals surface area contributed by atoms with Crippen LogP contribution in [0.3, 0.4) is 0 Å². The molecule has 2 aromatic carbocycles. The highest BCUT2D eigenvalue weighted by Crippen LogP contribution is 2.36. The molecule has 0 saturated carbocycles. The molecule has 4 rings (SSSR count). The van der Waals surface area contributed by atoms with Crippen LogP contribution < -0.4 is 10.6 Å². The summed E-state index contributed by atoms with van der Waals surface area (Å²) in [6.07, 6.45) is 1.87. The number of nitrogens with zero attached hydrogens (tertiary/aromatic N) is 1. The Morgan fingerprint density at radius 3 is 2.67 bits per heavy atom. The van der Waals surface area contributed by atoms with Crippen LogP contribution in [0.25, 0.3) is 22.0 Å². The molecule has 7 heteroatoms. The number of fused-ring (bicyclic) bond motifs is 1. The third-order valence-corrected chi connectivity index (χ3v) is 5.72. The van der Waals surface area contributed by atoms with Gasteiger partial charge in [0.1, 0.15) is 0 Å². The average Bonchev–Trinajstić information content (AvgIpc) is 3.04. The Kier molecular flexibility index (Phi) is 5.08. The molecule has 2 atom stereocenters. The molecular weight excluding hydrogens is 383 g/mol. The third kappa shape index (κ3) is 3.68. The molecule has 3 aromatic rings. The number of carbonyl (C=O) groups excluding carboxylic acids is 1. The maximum atomic E-state index is 12.6. The first-order chi connectivity index (χ1) is 13.0. The van der Waals surface area contributed by atoms with Crippen molar-refractivity contribution >= 4 is 45.8 Å². The monoisotopic (exact) mass is 402 g/mol. The fraction of sp³-hybridized carbons (Fsp3) is 0.300. The zero-order valence-corrected chi connectivity index (χ0v) is 16.4. The number of anilines is 1. The molecule has 1 aliphatic rings. The second-order valence-electron chi connectivity index (χ2n) is 7.00. The maximum Gasteiger partial charge on any atom is 0.229 e. The Hall–Kier alpha value is -2.08. The molecule has 140 valence electrons. The standard InChI is InChI=1S/C20H20Cl2N4O/c1-11-5-6-13(10-23-11)20(27)24-19-14-9-12(7-8-17(14)25-26-19)18-15(21)3-2-4-16(18)22/h2-4,7-9,11,13,23H,5-6,10H2,1H3,(H2,24,25,26,27)/t11-,13-/m1/s1. The minimum atomic E-state index is -0.0471. The van der Waals surface area contributed by atoms with Crippen LogP contribution in [-0.2, 0) is 4.79 Å². The van der Waals surface area contributed by atoms with Crippen molar-refractivity contribution in [3.63, 3.8) is 0 Å². The second-order valence-corrected chi connectivity index (χ2v) is 7.82. The van der Waals surface area contributed by atoms with E-state index in [0.29, 0.717) is 28.4 Å². The molecule has 1 fully saturated rings. The first-order valence-corrected chi connectivity index (χ1v) is 9.75. The van der Waals surface area contributed by atoms with Crippen LogP contribution >= 0.6 is 23.2 Å². The molecular formula is C20H20Cl2N4O. The Balaban J connectivity index is 1.64. The van der Waals surface area contributed by atoms with Crippen molar-refractivity contribution in [2.75, 3.05) is 11.9 Å². The van der Waals surface area contributed by atoms with Gasteiger partial charge in [0.15, 0.2) is 5.82 Å². The van der Waals surface area contributed by atoms with E-state index in [4.69, 9.17) is 23.2 Å². The van der Waals surface area contributed by atoms with E-state index in [2.05, 4.69) is 27.8 Å². The summed E-state index contributed by atoms with van der Waals surface area (Å²) >= 11 is 12.7. The van der Waals surface area contributed by atoms with Gasteiger partial charge in [-0.05, 0) is 49.6 Å². The van der Waals surface area contributed by atoms with Crippen molar-refractivity contribution in [3.8, 4) is 11.1 Å². The Bertz CT molecular complexity index is 973. The number of hydrogen-bond acceptors (Lipinski definition) is 3. The first-order valence-electron chi connectivity index (χ1n) is 8.99. The zero-order chi connectivity index (χ0) is 19.0. The van der Waals surface area contributed by atoms with Crippen molar-refractivity contribution in [1.29, 1.82) is 0 Å². The minimum absolute atomic E-state index is 0.0102. The third-order valence-electron chi connectivity index (χ3n) is 5.09. The van der Waals surface area contributed by atoms with Crippen molar-refractivity contribution in [1.82, 2.24) is 15.5 Å². The molecule has 27 heavy (non-hydrogen) atoms. The number of aromatic nitrogens is 2. The van der Waals surface area contributed by atoms with Gasteiger partial charge in [-0.2, -0.15) is 5.10 Å². The van der Waals surface area contributed by atoms with Gasteiger partial charge in [0.2, 0.25) is 5.91 Å². The summed E-state index contributed by atoms with van der Waals surface area (Å²) in [5.74, 6) is 0.469. The van der Waals surface area contributed by atoms with Crippen LogP contribution in [0.4, 0.5) is 5.82 Å². The number of benzene rings is 2. The smallest absolute Gasteiger partial charge is 0.229 e. The molecule has 1 amide bonds. The SMILES string of the molecule is C[C@@H]1CC[C@@H](C(=O)Nc2n[nH]c3ccc(-c4c(Cl)cccc4Cl)cc23)CN1. The normalized spacial score (nSPS) is 20.0. The molecule has 5 nitrogen and oxygen atoms in total. The fourth-order valence-electron chi connectivity index (χ4n) is 3.48. The predicted molar refractivity (Wildman–Crippen MR) is 110 cm³/mol. The van der Waals surface area contributed by atoms with E-state index < -0.39 is 0 Å². The average molecular weight is 403 g/mol. The lowest BCUT2D eigenvalue weighted by Gasteiger charge is -2.26. The van der Waals surface area contributed by atoms with E-state index in [1.165, 1.54) is 0 Å². The van der Waals surface area contributed by atoms with Gasteiger partial charge in [0.05, 0.1) is 11.4 Å². The summed E-state index contributed by atoms with van der Waals surface area (Å²) in [6, 6.07) is 11.7. The summed E-state index contributed by atoms with van der Waals surface area (Å²) < 4.78 is 0. The minimum Gasteiger partial charge on any atom is -0.313 e. The van der Waals surface area contributed by atoms with Crippen LogP contribution in [0.1, 0.15) is 19.8 Å². The largest absolute Gasteiger partial charge is 0.313 e. The van der Waals surface area contributed by atoms with Gasteiger partial charge in [-0.25, -0.2) is 0 Å². The van der Waals surface area contributed by atoms with Crippen LogP contribution in [-0.4, -0.2) is 28.7 Å². The van der Waals surface area contributed by atoms with Crippen molar-refractivity contribution in [2.24, 2.45) is 5.92 Å². The van der Waals surface area contributed by atoms with E-state index in [1.807, 2.05) is 36.4 Å². The summed E-state index contributed by atoms with van der Waals surface area (Å²) in [5.41, 5.74) is 2.49. The van der Waals surface area contributed by atoms with Gasteiger partial charge < -0.3 is 10.6 Å².